The molecule has 0 unspecified atom stereocenters. The smallest absolute Gasteiger partial charge is 0.270 e. The van der Waals surface area contributed by atoms with Crippen molar-refractivity contribution in [1.82, 2.24) is 15.3 Å². The van der Waals surface area contributed by atoms with E-state index in [1.54, 1.807) is 37.4 Å². The molecule has 8 heteroatoms. The zero-order valence-electron chi connectivity index (χ0n) is 15.8. The van der Waals surface area contributed by atoms with Crippen molar-refractivity contribution >= 4 is 52.5 Å². The van der Waals surface area contributed by atoms with Crippen molar-refractivity contribution in [1.29, 1.82) is 0 Å². The summed E-state index contributed by atoms with van der Waals surface area (Å²) in [5.41, 5.74) is 2.54. The molecular formula is C22H15ClN4O2S. The standard InChI is InChI=1S/C22H15ClN4O2S/c1-13-15(12-24-19(25-13)14-5-3-2-4-6-14)11-18-20(28)26-22(30)27(21(18)29)17-9-7-16(23)8-10-17/h2-12H,1H3,(H,26,28,30)/b18-11-. The Morgan fingerprint density at radius 1 is 1.07 bits per heavy atom. The van der Waals surface area contributed by atoms with Crippen molar-refractivity contribution in [2.24, 2.45) is 0 Å². The summed E-state index contributed by atoms with van der Waals surface area (Å²) in [6.45, 7) is 1.80. The highest BCUT2D eigenvalue weighted by Crippen LogP contribution is 2.24. The van der Waals surface area contributed by atoms with Crippen molar-refractivity contribution in [3.63, 3.8) is 0 Å². The Morgan fingerprint density at radius 2 is 1.77 bits per heavy atom. The molecule has 4 rings (SSSR count). The average Bonchev–Trinajstić information content (AvgIpc) is 2.74. The number of rotatable bonds is 3. The summed E-state index contributed by atoms with van der Waals surface area (Å²) >= 11 is 11.1. The van der Waals surface area contributed by atoms with Crippen LogP contribution in [-0.2, 0) is 9.59 Å². The van der Waals surface area contributed by atoms with Gasteiger partial charge in [-0.3, -0.25) is 19.8 Å². The van der Waals surface area contributed by atoms with Crippen LogP contribution in [0.5, 0.6) is 0 Å². The first-order valence-corrected chi connectivity index (χ1v) is 9.79. The molecule has 2 amide bonds. The molecule has 148 valence electrons. The van der Waals surface area contributed by atoms with Crippen LogP contribution in [0.15, 0.2) is 66.4 Å². The molecule has 1 aliphatic heterocycles. The lowest BCUT2D eigenvalue weighted by Crippen LogP contribution is -2.54. The number of carbonyl (C=O) groups excluding carboxylic acids is 2. The summed E-state index contributed by atoms with van der Waals surface area (Å²) < 4.78 is 0. The summed E-state index contributed by atoms with van der Waals surface area (Å²) in [6.07, 6.45) is 3.07. The monoisotopic (exact) mass is 434 g/mol. The number of carbonyl (C=O) groups is 2. The van der Waals surface area contributed by atoms with Crippen LogP contribution in [0.4, 0.5) is 5.69 Å². The highest BCUT2D eigenvalue weighted by molar-refractivity contribution is 7.80. The van der Waals surface area contributed by atoms with E-state index >= 15 is 0 Å². The second-order valence-corrected chi connectivity index (χ2v) is 7.36. The maximum Gasteiger partial charge on any atom is 0.270 e. The van der Waals surface area contributed by atoms with Gasteiger partial charge in [-0.2, -0.15) is 0 Å². The molecule has 1 aliphatic rings. The highest BCUT2D eigenvalue weighted by Gasteiger charge is 2.34. The zero-order valence-corrected chi connectivity index (χ0v) is 17.4. The Hall–Kier alpha value is -3.42. The van der Waals surface area contributed by atoms with Crippen LogP contribution >= 0.6 is 23.8 Å². The van der Waals surface area contributed by atoms with E-state index in [0.29, 0.717) is 27.8 Å². The van der Waals surface area contributed by atoms with Gasteiger partial charge in [-0.25, -0.2) is 9.97 Å². The van der Waals surface area contributed by atoms with Crippen molar-refractivity contribution in [3.05, 3.63) is 82.6 Å². The third kappa shape index (κ3) is 3.85. The van der Waals surface area contributed by atoms with E-state index in [2.05, 4.69) is 15.3 Å². The molecule has 0 bridgehead atoms. The molecule has 1 N–H and O–H groups in total. The maximum absolute atomic E-state index is 13.1. The minimum atomic E-state index is -0.568. The predicted molar refractivity (Wildman–Crippen MR) is 120 cm³/mol. The van der Waals surface area contributed by atoms with Crippen LogP contribution in [-0.4, -0.2) is 26.9 Å². The summed E-state index contributed by atoms with van der Waals surface area (Å²) in [4.78, 5) is 35.7. The van der Waals surface area contributed by atoms with Crippen LogP contribution in [0.3, 0.4) is 0 Å². The number of halogens is 1. The Bertz CT molecular complexity index is 1190. The highest BCUT2D eigenvalue weighted by atomic mass is 35.5. The number of benzene rings is 2. The summed E-state index contributed by atoms with van der Waals surface area (Å²) in [6, 6.07) is 16.2. The normalized spacial score (nSPS) is 15.5. The van der Waals surface area contributed by atoms with Gasteiger partial charge in [0.05, 0.1) is 5.69 Å². The van der Waals surface area contributed by atoms with Crippen molar-refractivity contribution in [3.8, 4) is 11.4 Å². The van der Waals surface area contributed by atoms with Gasteiger partial charge < -0.3 is 0 Å². The van der Waals surface area contributed by atoms with Gasteiger partial charge in [-0.1, -0.05) is 41.9 Å². The number of aryl methyl sites for hydroxylation is 1. The minimum absolute atomic E-state index is 0.0110. The van der Waals surface area contributed by atoms with Gasteiger partial charge in [-0.05, 0) is 49.5 Å². The Balaban J connectivity index is 1.70. The number of anilines is 1. The van der Waals surface area contributed by atoms with Gasteiger partial charge in [0.25, 0.3) is 11.8 Å². The van der Waals surface area contributed by atoms with E-state index < -0.39 is 11.8 Å². The molecule has 6 nitrogen and oxygen atoms in total. The zero-order chi connectivity index (χ0) is 21.3. The van der Waals surface area contributed by atoms with Gasteiger partial charge >= 0.3 is 0 Å². The van der Waals surface area contributed by atoms with Crippen molar-refractivity contribution < 1.29 is 9.59 Å². The number of hydrogen-bond acceptors (Lipinski definition) is 5. The third-order valence-corrected chi connectivity index (χ3v) is 5.07. The van der Waals surface area contributed by atoms with Gasteiger partial charge in [0.15, 0.2) is 10.9 Å². The summed E-state index contributed by atoms with van der Waals surface area (Å²) in [7, 11) is 0. The fourth-order valence-corrected chi connectivity index (χ4v) is 3.39. The molecule has 2 heterocycles. The lowest BCUT2D eigenvalue weighted by Gasteiger charge is -2.29. The molecule has 0 radical (unpaired) electrons. The van der Waals surface area contributed by atoms with Crippen LogP contribution in [0.1, 0.15) is 11.3 Å². The van der Waals surface area contributed by atoms with E-state index in [1.165, 1.54) is 11.0 Å². The molecule has 2 aromatic carbocycles. The van der Waals surface area contributed by atoms with Crippen molar-refractivity contribution in [2.45, 2.75) is 6.92 Å². The lowest BCUT2D eigenvalue weighted by molar-refractivity contribution is -0.122. The fraction of sp³-hybridized carbons (Fsp3) is 0.0455. The number of hydrogen-bond donors (Lipinski definition) is 1. The number of nitrogens with one attached hydrogen (secondary N) is 1. The Morgan fingerprint density at radius 3 is 2.43 bits per heavy atom. The SMILES string of the molecule is Cc1nc(-c2ccccc2)ncc1/C=C1/C(=O)NC(=S)N(c2ccc(Cl)cc2)C1=O. The second kappa shape index (κ2) is 8.14. The third-order valence-electron chi connectivity index (χ3n) is 4.54. The minimum Gasteiger partial charge on any atom is -0.298 e. The molecule has 1 aromatic heterocycles. The summed E-state index contributed by atoms with van der Waals surface area (Å²) in [5, 5.41) is 3.09. The molecule has 30 heavy (non-hydrogen) atoms. The van der Waals surface area contributed by atoms with Gasteiger partial charge in [0, 0.05) is 28.0 Å². The van der Waals surface area contributed by atoms with Crippen LogP contribution < -0.4 is 10.2 Å². The van der Waals surface area contributed by atoms with Crippen LogP contribution in [0.2, 0.25) is 5.02 Å². The number of thiocarbonyl (C=S) groups is 1. The first kappa shape index (κ1) is 19.9. The molecule has 1 saturated heterocycles. The van der Waals surface area contributed by atoms with Crippen LogP contribution in [0, 0.1) is 6.92 Å². The molecule has 3 aromatic rings. The van der Waals surface area contributed by atoms with Gasteiger partial charge in [-0.15, -0.1) is 0 Å². The number of amides is 2. The number of aromatic nitrogens is 2. The lowest BCUT2D eigenvalue weighted by atomic mass is 10.1. The Kier molecular flexibility index (Phi) is 5.39. The van der Waals surface area contributed by atoms with E-state index in [1.807, 2.05) is 30.3 Å². The maximum atomic E-state index is 13.1. The number of nitrogens with zero attached hydrogens (tertiary/aromatic N) is 3. The predicted octanol–water partition coefficient (Wildman–Crippen LogP) is 3.94. The average molecular weight is 435 g/mol. The van der Waals surface area contributed by atoms with E-state index in [-0.39, 0.29) is 10.7 Å². The fourth-order valence-electron chi connectivity index (χ4n) is 2.98. The van der Waals surface area contributed by atoms with Crippen LogP contribution in [0.25, 0.3) is 17.5 Å². The quantitative estimate of drug-likeness (QED) is 0.384. The first-order valence-electron chi connectivity index (χ1n) is 9.00. The van der Waals surface area contributed by atoms with Gasteiger partial charge in [0.2, 0.25) is 0 Å². The molecule has 0 aliphatic carbocycles. The Labute approximate surface area is 183 Å². The van der Waals surface area contributed by atoms with Crippen molar-refractivity contribution in [2.75, 3.05) is 4.90 Å². The van der Waals surface area contributed by atoms with Gasteiger partial charge in [0.1, 0.15) is 5.57 Å². The second-order valence-electron chi connectivity index (χ2n) is 6.53. The molecule has 0 spiro atoms. The van der Waals surface area contributed by atoms with E-state index in [4.69, 9.17) is 23.8 Å². The van der Waals surface area contributed by atoms with E-state index in [0.717, 1.165) is 5.56 Å². The first-order chi connectivity index (χ1) is 14.4. The largest absolute Gasteiger partial charge is 0.298 e. The topological polar surface area (TPSA) is 75.2 Å². The molecule has 1 fully saturated rings. The van der Waals surface area contributed by atoms with E-state index in [9.17, 15) is 9.59 Å². The molecule has 0 atom stereocenters. The molecular weight excluding hydrogens is 420 g/mol. The molecule has 0 saturated carbocycles. The summed E-state index contributed by atoms with van der Waals surface area (Å²) in [5.74, 6) is -0.530.